The minimum Gasteiger partial charge on any atom is -0.305 e. The van der Waals surface area contributed by atoms with E-state index in [4.69, 9.17) is 5.26 Å². The molecule has 1 fully saturated rings. The highest BCUT2D eigenvalue weighted by Crippen LogP contribution is 2.24. The number of rotatable bonds is 3. The van der Waals surface area contributed by atoms with E-state index in [-0.39, 0.29) is 16.5 Å². The average molecular weight is 297 g/mol. The predicted molar refractivity (Wildman–Crippen MR) is 72.0 cm³/mol. The summed E-state index contributed by atoms with van der Waals surface area (Å²) in [6.07, 6.45) is 0.762. The predicted octanol–water partition coefficient (Wildman–Crippen LogP) is 1.02. The molecule has 1 atom stereocenters. The van der Waals surface area contributed by atoms with E-state index >= 15 is 0 Å². The number of halogens is 1. The van der Waals surface area contributed by atoms with Crippen molar-refractivity contribution in [3.8, 4) is 6.07 Å². The number of likely N-dealkylation sites (N-methyl/N-ethyl adjacent to an activating group) is 1. The summed E-state index contributed by atoms with van der Waals surface area (Å²) in [5.74, 6) is -0.709. The van der Waals surface area contributed by atoms with Gasteiger partial charge in [0.25, 0.3) is 0 Å². The van der Waals surface area contributed by atoms with Gasteiger partial charge in [-0.05, 0) is 38.7 Å². The largest absolute Gasteiger partial charge is 0.305 e. The number of sulfonamides is 1. The first-order valence-corrected chi connectivity index (χ1v) is 7.66. The molecule has 2 rings (SSSR count). The Bertz CT molecular complexity index is 652. The van der Waals surface area contributed by atoms with Crippen molar-refractivity contribution in [3.63, 3.8) is 0 Å². The van der Waals surface area contributed by atoms with Crippen molar-refractivity contribution in [1.82, 2.24) is 9.21 Å². The van der Waals surface area contributed by atoms with Gasteiger partial charge in [0.1, 0.15) is 11.9 Å². The summed E-state index contributed by atoms with van der Waals surface area (Å²) in [6, 6.07) is 5.15. The van der Waals surface area contributed by atoms with Crippen molar-refractivity contribution >= 4 is 10.0 Å². The third-order valence-electron chi connectivity index (χ3n) is 3.55. The van der Waals surface area contributed by atoms with Gasteiger partial charge in [0.2, 0.25) is 10.0 Å². The molecule has 1 aromatic carbocycles. The molecule has 108 valence electrons. The molecule has 0 aromatic heterocycles. The zero-order valence-electron chi connectivity index (χ0n) is 11.4. The highest BCUT2D eigenvalue weighted by Gasteiger charge is 2.33. The fourth-order valence-electron chi connectivity index (χ4n) is 2.25. The third-order valence-corrected chi connectivity index (χ3v) is 5.41. The minimum absolute atomic E-state index is 0.0325. The summed E-state index contributed by atoms with van der Waals surface area (Å²) < 4.78 is 39.6. The second-order valence-electron chi connectivity index (χ2n) is 5.02. The molecule has 0 N–H and O–H groups in total. The normalized spacial score (nSPS) is 20.2. The SMILES string of the molecule is CN(C)C1CCN(S(=O)(=O)c2ccc(F)c(C#N)c2)C1. The fourth-order valence-corrected chi connectivity index (χ4v) is 3.77. The molecule has 1 aromatic rings. The standard InChI is InChI=1S/C13H16FN3O2S/c1-16(2)11-5-6-17(9-11)20(18,19)12-3-4-13(14)10(7-12)8-15/h3-4,7,11H,5-6,9H2,1-2H3. The molecule has 0 amide bonds. The molecule has 7 heteroatoms. The molecule has 5 nitrogen and oxygen atoms in total. The first-order chi connectivity index (χ1) is 9.36. The van der Waals surface area contributed by atoms with Crippen LogP contribution in [0.25, 0.3) is 0 Å². The number of benzene rings is 1. The maximum atomic E-state index is 13.3. The number of nitrogens with zero attached hydrogens (tertiary/aromatic N) is 3. The van der Waals surface area contributed by atoms with E-state index in [1.165, 1.54) is 10.4 Å². The van der Waals surface area contributed by atoms with Crippen LogP contribution in [0.3, 0.4) is 0 Å². The molecular formula is C13H16FN3O2S. The van der Waals surface area contributed by atoms with Gasteiger partial charge in [0, 0.05) is 19.1 Å². The van der Waals surface area contributed by atoms with Gasteiger partial charge in [-0.15, -0.1) is 0 Å². The maximum Gasteiger partial charge on any atom is 0.243 e. The first kappa shape index (κ1) is 14.9. The third kappa shape index (κ3) is 2.68. The summed E-state index contributed by atoms with van der Waals surface area (Å²) in [7, 11) is 0.153. The van der Waals surface area contributed by atoms with Gasteiger partial charge in [-0.25, -0.2) is 12.8 Å². The van der Waals surface area contributed by atoms with Crippen LogP contribution in [0.2, 0.25) is 0 Å². The molecule has 0 radical (unpaired) electrons. The van der Waals surface area contributed by atoms with Crippen LogP contribution in [0.1, 0.15) is 12.0 Å². The van der Waals surface area contributed by atoms with E-state index in [9.17, 15) is 12.8 Å². The Morgan fingerprint density at radius 3 is 2.70 bits per heavy atom. The van der Waals surface area contributed by atoms with Crippen LogP contribution in [0, 0.1) is 17.1 Å². The molecular weight excluding hydrogens is 281 g/mol. The topological polar surface area (TPSA) is 64.4 Å². The van der Waals surface area contributed by atoms with E-state index in [0.717, 1.165) is 18.6 Å². The van der Waals surface area contributed by atoms with E-state index in [1.54, 1.807) is 6.07 Å². The van der Waals surface area contributed by atoms with E-state index in [2.05, 4.69) is 0 Å². The summed E-state index contributed by atoms with van der Waals surface area (Å²) in [5, 5.41) is 8.78. The van der Waals surface area contributed by atoms with Crippen LogP contribution >= 0.6 is 0 Å². The lowest BCUT2D eigenvalue weighted by atomic mass is 10.2. The van der Waals surface area contributed by atoms with Crippen LogP contribution in [0.15, 0.2) is 23.1 Å². The van der Waals surface area contributed by atoms with Crippen LogP contribution in [0.5, 0.6) is 0 Å². The molecule has 0 bridgehead atoms. The van der Waals surface area contributed by atoms with Gasteiger partial charge in [-0.1, -0.05) is 0 Å². The van der Waals surface area contributed by atoms with Gasteiger partial charge in [-0.2, -0.15) is 9.57 Å². The van der Waals surface area contributed by atoms with Gasteiger partial charge in [0.05, 0.1) is 10.5 Å². The summed E-state index contributed by atoms with van der Waals surface area (Å²) in [5.41, 5.74) is -0.255. The number of hydrogen-bond acceptors (Lipinski definition) is 4. The molecule has 1 heterocycles. The van der Waals surface area contributed by atoms with Crippen molar-refractivity contribution in [2.45, 2.75) is 17.4 Å². The summed E-state index contributed by atoms with van der Waals surface area (Å²) in [6.45, 7) is 0.846. The fraction of sp³-hybridized carbons (Fsp3) is 0.462. The van der Waals surface area contributed by atoms with Gasteiger partial charge in [0.15, 0.2) is 0 Å². The maximum absolute atomic E-state index is 13.3. The highest BCUT2D eigenvalue weighted by atomic mass is 32.2. The zero-order chi connectivity index (χ0) is 14.9. The van der Waals surface area contributed by atoms with Crippen molar-refractivity contribution in [2.24, 2.45) is 0 Å². The van der Waals surface area contributed by atoms with E-state index in [0.29, 0.717) is 13.1 Å². The summed E-state index contributed by atoms with van der Waals surface area (Å²) >= 11 is 0. The smallest absolute Gasteiger partial charge is 0.243 e. The van der Waals surface area contributed by atoms with Crippen LogP contribution < -0.4 is 0 Å². The molecule has 1 aliphatic rings. The Balaban J connectivity index is 2.30. The lowest BCUT2D eigenvalue weighted by Gasteiger charge is -2.20. The minimum atomic E-state index is -3.67. The Labute approximate surface area is 118 Å². The van der Waals surface area contributed by atoms with E-state index < -0.39 is 15.8 Å². The molecule has 1 aliphatic heterocycles. The highest BCUT2D eigenvalue weighted by molar-refractivity contribution is 7.89. The molecule has 0 aliphatic carbocycles. The van der Waals surface area contributed by atoms with Crippen molar-refractivity contribution in [1.29, 1.82) is 5.26 Å². The molecule has 0 spiro atoms. The first-order valence-electron chi connectivity index (χ1n) is 6.22. The van der Waals surface area contributed by atoms with Crippen LogP contribution in [-0.4, -0.2) is 50.8 Å². The monoisotopic (exact) mass is 297 g/mol. The zero-order valence-corrected chi connectivity index (χ0v) is 12.2. The summed E-state index contributed by atoms with van der Waals surface area (Å²) in [4.78, 5) is 1.95. The number of nitriles is 1. The van der Waals surface area contributed by atoms with Crippen molar-refractivity contribution in [2.75, 3.05) is 27.2 Å². The van der Waals surface area contributed by atoms with E-state index in [1.807, 2.05) is 19.0 Å². The van der Waals surface area contributed by atoms with Gasteiger partial charge < -0.3 is 4.90 Å². The van der Waals surface area contributed by atoms with Crippen LogP contribution in [-0.2, 0) is 10.0 Å². The average Bonchev–Trinajstić information content (AvgIpc) is 2.89. The Kier molecular flexibility index (Phi) is 4.09. The second kappa shape index (κ2) is 5.48. The Morgan fingerprint density at radius 2 is 2.15 bits per heavy atom. The van der Waals surface area contributed by atoms with Gasteiger partial charge in [-0.3, -0.25) is 0 Å². The second-order valence-corrected chi connectivity index (χ2v) is 6.96. The molecule has 1 saturated heterocycles. The molecule has 0 saturated carbocycles. The quantitative estimate of drug-likeness (QED) is 0.835. The van der Waals surface area contributed by atoms with Crippen molar-refractivity contribution < 1.29 is 12.8 Å². The number of hydrogen-bond donors (Lipinski definition) is 0. The molecule has 20 heavy (non-hydrogen) atoms. The Hall–Kier alpha value is -1.49. The molecule has 1 unspecified atom stereocenters. The Morgan fingerprint density at radius 1 is 1.45 bits per heavy atom. The lowest BCUT2D eigenvalue weighted by molar-refractivity contribution is 0.302. The lowest BCUT2D eigenvalue weighted by Crippen LogP contribution is -2.34. The van der Waals surface area contributed by atoms with Crippen molar-refractivity contribution in [3.05, 3.63) is 29.6 Å². The van der Waals surface area contributed by atoms with Crippen LogP contribution in [0.4, 0.5) is 4.39 Å². The van der Waals surface area contributed by atoms with Gasteiger partial charge >= 0.3 is 0 Å².